The maximum atomic E-state index is 5.41. The van der Waals surface area contributed by atoms with Crippen molar-refractivity contribution in [3.05, 3.63) is 42.0 Å². The van der Waals surface area contributed by atoms with Crippen LogP contribution in [0, 0.1) is 0 Å². The molecule has 3 heterocycles. The number of rotatable bonds is 6. The Balaban J connectivity index is 1.49. The summed E-state index contributed by atoms with van der Waals surface area (Å²) in [4.78, 5) is 16.7. The van der Waals surface area contributed by atoms with Crippen molar-refractivity contribution in [3.63, 3.8) is 0 Å². The molecule has 0 radical (unpaired) electrons. The van der Waals surface area contributed by atoms with Gasteiger partial charge in [0.05, 0.1) is 29.3 Å². The highest BCUT2D eigenvalue weighted by molar-refractivity contribution is 7.13. The lowest BCUT2D eigenvalue weighted by atomic mass is 10.2. The summed E-state index contributed by atoms with van der Waals surface area (Å²) >= 11 is 1.57. The van der Waals surface area contributed by atoms with E-state index in [2.05, 4.69) is 61.7 Å². The minimum Gasteiger partial charge on any atom is -0.378 e. The number of morpholine rings is 1. The molecule has 27 heavy (non-hydrogen) atoms. The lowest BCUT2D eigenvalue weighted by molar-refractivity contribution is 0.122. The van der Waals surface area contributed by atoms with Gasteiger partial charge in [-0.2, -0.15) is 0 Å². The molecule has 3 aromatic rings. The van der Waals surface area contributed by atoms with Gasteiger partial charge in [0.15, 0.2) is 0 Å². The average molecular weight is 382 g/mol. The fourth-order valence-corrected chi connectivity index (χ4v) is 3.71. The second-order valence-electron chi connectivity index (χ2n) is 6.10. The van der Waals surface area contributed by atoms with Gasteiger partial charge in [-0.15, -0.1) is 11.3 Å². The van der Waals surface area contributed by atoms with E-state index in [0.29, 0.717) is 5.95 Å². The van der Waals surface area contributed by atoms with E-state index in [1.807, 2.05) is 11.6 Å². The van der Waals surface area contributed by atoms with Crippen molar-refractivity contribution in [2.75, 3.05) is 48.4 Å². The van der Waals surface area contributed by atoms with Crippen molar-refractivity contribution < 1.29 is 4.74 Å². The van der Waals surface area contributed by atoms with Gasteiger partial charge >= 0.3 is 0 Å². The SMILES string of the molecule is CCNc1ncsc1-c1ccnc(Nc2ccc(N3CCOCC3)cc2)n1. The van der Waals surface area contributed by atoms with Crippen LogP contribution < -0.4 is 15.5 Å². The summed E-state index contributed by atoms with van der Waals surface area (Å²) < 4.78 is 5.41. The molecule has 0 amide bonds. The Morgan fingerprint density at radius 2 is 1.93 bits per heavy atom. The van der Waals surface area contributed by atoms with Gasteiger partial charge < -0.3 is 20.3 Å². The maximum absolute atomic E-state index is 5.41. The highest BCUT2D eigenvalue weighted by Gasteiger charge is 2.12. The minimum absolute atomic E-state index is 0.572. The summed E-state index contributed by atoms with van der Waals surface area (Å²) in [5, 5.41) is 6.55. The summed E-state index contributed by atoms with van der Waals surface area (Å²) in [5.41, 5.74) is 4.85. The molecule has 4 rings (SSSR count). The van der Waals surface area contributed by atoms with E-state index in [1.165, 1.54) is 5.69 Å². The quantitative estimate of drug-likeness (QED) is 0.674. The molecule has 0 bridgehead atoms. The highest BCUT2D eigenvalue weighted by atomic mass is 32.1. The largest absolute Gasteiger partial charge is 0.378 e. The van der Waals surface area contributed by atoms with Gasteiger partial charge in [-0.05, 0) is 37.3 Å². The van der Waals surface area contributed by atoms with Crippen LogP contribution in [-0.4, -0.2) is 47.8 Å². The Bertz CT molecular complexity index is 876. The normalized spacial score (nSPS) is 14.2. The Kier molecular flexibility index (Phi) is 5.45. The van der Waals surface area contributed by atoms with Gasteiger partial charge in [-0.1, -0.05) is 0 Å². The lowest BCUT2D eigenvalue weighted by Gasteiger charge is -2.28. The van der Waals surface area contributed by atoms with Crippen LogP contribution in [0.25, 0.3) is 10.6 Å². The van der Waals surface area contributed by atoms with E-state index >= 15 is 0 Å². The molecule has 7 nitrogen and oxygen atoms in total. The Labute approximate surface area is 162 Å². The van der Waals surface area contributed by atoms with E-state index in [0.717, 1.165) is 54.9 Å². The molecule has 0 unspecified atom stereocenters. The second-order valence-corrected chi connectivity index (χ2v) is 6.95. The fourth-order valence-electron chi connectivity index (χ4n) is 2.97. The predicted octanol–water partition coefficient (Wildman–Crippen LogP) is 3.61. The summed E-state index contributed by atoms with van der Waals surface area (Å²) in [7, 11) is 0. The molecule has 1 fully saturated rings. The van der Waals surface area contributed by atoms with Crippen molar-refractivity contribution in [1.82, 2.24) is 15.0 Å². The first-order chi connectivity index (χ1) is 13.3. The van der Waals surface area contributed by atoms with Gasteiger partial charge in [0.2, 0.25) is 5.95 Å². The smallest absolute Gasteiger partial charge is 0.227 e. The van der Waals surface area contributed by atoms with Crippen molar-refractivity contribution in [2.45, 2.75) is 6.92 Å². The van der Waals surface area contributed by atoms with E-state index in [9.17, 15) is 0 Å². The van der Waals surface area contributed by atoms with Gasteiger partial charge in [0, 0.05) is 37.2 Å². The maximum Gasteiger partial charge on any atom is 0.227 e. The van der Waals surface area contributed by atoms with Crippen molar-refractivity contribution >= 4 is 34.5 Å². The average Bonchev–Trinajstić information content (AvgIpc) is 3.18. The van der Waals surface area contributed by atoms with Crippen molar-refractivity contribution in [2.24, 2.45) is 0 Å². The Hall–Kier alpha value is -2.71. The predicted molar refractivity (Wildman–Crippen MR) is 110 cm³/mol. The highest BCUT2D eigenvalue weighted by Crippen LogP contribution is 2.30. The molecule has 1 aromatic carbocycles. The van der Waals surface area contributed by atoms with Crippen LogP contribution in [-0.2, 0) is 4.74 Å². The Morgan fingerprint density at radius 3 is 2.70 bits per heavy atom. The number of thiazole rings is 1. The van der Waals surface area contributed by atoms with Crippen molar-refractivity contribution in [3.8, 4) is 10.6 Å². The van der Waals surface area contributed by atoms with Gasteiger partial charge in [0.1, 0.15) is 5.82 Å². The number of aromatic nitrogens is 3. The molecule has 0 saturated carbocycles. The number of hydrogen-bond acceptors (Lipinski definition) is 8. The van der Waals surface area contributed by atoms with Gasteiger partial charge in [-0.25, -0.2) is 15.0 Å². The molecule has 0 atom stereocenters. The van der Waals surface area contributed by atoms with E-state index < -0.39 is 0 Å². The fraction of sp³-hybridized carbons (Fsp3) is 0.316. The third-order valence-corrected chi connectivity index (χ3v) is 5.15. The third kappa shape index (κ3) is 4.17. The number of nitrogens with zero attached hydrogens (tertiary/aromatic N) is 4. The first-order valence-electron chi connectivity index (χ1n) is 9.04. The number of hydrogen-bond donors (Lipinski definition) is 2. The molecule has 140 valence electrons. The number of nitrogens with one attached hydrogen (secondary N) is 2. The zero-order chi connectivity index (χ0) is 18.5. The number of benzene rings is 1. The standard InChI is InChI=1S/C19H22N6OS/c1-2-20-18-17(27-13-22-18)16-7-8-21-19(24-16)23-14-3-5-15(6-4-14)25-9-11-26-12-10-25/h3-8,13,20H,2,9-12H2,1H3,(H,21,23,24). The summed E-state index contributed by atoms with van der Waals surface area (Å²) in [6.07, 6.45) is 1.77. The Morgan fingerprint density at radius 1 is 1.11 bits per heavy atom. The minimum atomic E-state index is 0.572. The van der Waals surface area contributed by atoms with Crippen LogP contribution in [0.2, 0.25) is 0 Å². The monoisotopic (exact) mass is 382 g/mol. The molecule has 8 heteroatoms. The van der Waals surface area contributed by atoms with Crippen LogP contribution >= 0.6 is 11.3 Å². The molecule has 2 N–H and O–H groups in total. The molecule has 2 aromatic heterocycles. The summed E-state index contributed by atoms with van der Waals surface area (Å²) in [5.74, 6) is 1.43. The molecular weight excluding hydrogens is 360 g/mol. The van der Waals surface area contributed by atoms with Crippen LogP contribution in [0.4, 0.5) is 23.1 Å². The zero-order valence-corrected chi connectivity index (χ0v) is 16.0. The second kappa shape index (κ2) is 8.32. The van der Waals surface area contributed by atoms with Crippen molar-refractivity contribution in [1.29, 1.82) is 0 Å². The molecule has 1 saturated heterocycles. The van der Waals surface area contributed by atoms with E-state index in [-0.39, 0.29) is 0 Å². The summed E-state index contributed by atoms with van der Waals surface area (Å²) in [6.45, 7) is 6.31. The molecule has 1 aliphatic heterocycles. The topological polar surface area (TPSA) is 75.2 Å². The van der Waals surface area contributed by atoms with Gasteiger partial charge in [-0.3, -0.25) is 0 Å². The zero-order valence-electron chi connectivity index (χ0n) is 15.2. The van der Waals surface area contributed by atoms with Crippen LogP contribution in [0.5, 0.6) is 0 Å². The third-order valence-electron chi connectivity index (χ3n) is 4.30. The summed E-state index contributed by atoms with van der Waals surface area (Å²) in [6, 6.07) is 10.2. The number of anilines is 4. The molecule has 0 spiro atoms. The molecule has 1 aliphatic rings. The number of ether oxygens (including phenoxy) is 1. The van der Waals surface area contributed by atoms with Crippen LogP contribution in [0.15, 0.2) is 42.0 Å². The first kappa shape index (κ1) is 17.7. The lowest BCUT2D eigenvalue weighted by Crippen LogP contribution is -2.36. The van der Waals surface area contributed by atoms with E-state index in [4.69, 9.17) is 4.74 Å². The van der Waals surface area contributed by atoms with Crippen LogP contribution in [0.1, 0.15) is 6.92 Å². The van der Waals surface area contributed by atoms with E-state index in [1.54, 1.807) is 17.5 Å². The molecular formula is C19H22N6OS. The molecule has 0 aliphatic carbocycles. The van der Waals surface area contributed by atoms with Crippen LogP contribution in [0.3, 0.4) is 0 Å². The first-order valence-corrected chi connectivity index (χ1v) is 9.92. The van der Waals surface area contributed by atoms with Gasteiger partial charge in [0.25, 0.3) is 0 Å².